The molecule has 11 heteroatoms. The lowest BCUT2D eigenvalue weighted by atomic mass is 10.0. The highest BCUT2D eigenvalue weighted by Gasteiger charge is 2.35. The lowest BCUT2D eigenvalue weighted by Crippen LogP contribution is -2.19. The standard InChI is InChI=1S/C23H18F3N3O5/c1-34-20-11-18(29-22(32)33)17(10-16(20)23(24,25)26)28-21(31)12-19(30)15-4-2-3-14(9-15)13-5-7-27-8-6-13/h2-11,29H,12H2,1H3,(H,28,31)(H,32,33). The molecule has 1 aromatic heterocycles. The van der Waals surface area contributed by atoms with Crippen molar-refractivity contribution in [3.63, 3.8) is 0 Å². The van der Waals surface area contributed by atoms with Crippen molar-refractivity contribution in [2.75, 3.05) is 17.7 Å². The summed E-state index contributed by atoms with van der Waals surface area (Å²) in [7, 11) is 0.992. The van der Waals surface area contributed by atoms with Crippen LogP contribution in [0.4, 0.5) is 29.3 Å². The minimum absolute atomic E-state index is 0.221. The van der Waals surface area contributed by atoms with E-state index in [9.17, 15) is 27.6 Å². The predicted octanol–water partition coefficient (Wildman–Crippen LogP) is 5.08. The molecule has 2 amide bonds. The maximum absolute atomic E-state index is 13.4. The highest BCUT2D eigenvalue weighted by Crippen LogP contribution is 2.41. The van der Waals surface area contributed by atoms with Gasteiger partial charge in [0.25, 0.3) is 0 Å². The number of ketones is 1. The van der Waals surface area contributed by atoms with Crippen LogP contribution in [-0.2, 0) is 11.0 Å². The van der Waals surface area contributed by atoms with Gasteiger partial charge in [-0.1, -0.05) is 18.2 Å². The van der Waals surface area contributed by atoms with Crippen LogP contribution >= 0.6 is 0 Å². The number of Topliss-reactive ketones (excluding diaryl/α,β-unsaturated/α-hetero) is 1. The molecular formula is C23H18F3N3O5. The van der Waals surface area contributed by atoms with Crippen LogP contribution in [0.3, 0.4) is 0 Å². The number of rotatable bonds is 7. The topological polar surface area (TPSA) is 118 Å². The molecule has 0 aliphatic rings. The van der Waals surface area contributed by atoms with Crippen LogP contribution in [0.5, 0.6) is 5.75 Å². The average molecular weight is 473 g/mol. The molecule has 2 aromatic carbocycles. The molecule has 0 spiro atoms. The summed E-state index contributed by atoms with van der Waals surface area (Å²) >= 11 is 0. The number of carboxylic acid groups (broad SMARTS) is 1. The summed E-state index contributed by atoms with van der Waals surface area (Å²) in [5.74, 6) is -2.14. The van der Waals surface area contributed by atoms with E-state index < -0.39 is 47.4 Å². The highest BCUT2D eigenvalue weighted by molar-refractivity contribution is 6.12. The third-order valence-corrected chi connectivity index (χ3v) is 4.68. The summed E-state index contributed by atoms with van der Waals surface area (Å²) in [6, 6.07) is 11.3. The third kappa shape index (κ3) is 5.88. The van der Waals surface area contributed by atoms with Gasteiger partial charge in [0.15, 0.2) is 5.78 Å². The van der Waals surface area contributed by atoms with Crippen LogP contribution in [0.25, 0.3) is 11.1 Å². The Balaban J connectivity index is 1.84. The second-order valence-electron chi connectivity index (χ2n) is 6.99. The summed E-state index contributed by atoms with van der Waals surface area (Å²) in [5, 5.41) is 13.1. The summed E-state index contributed by atoms with van der Waals surface area (Å²) in [6.45, 7) is 0. The summed E-state index contributed by atoms with van der Waals surface area (Å²) in [6.07, 6.45) is -3.91. The number of amides is 2. The quantitative estimate of drug-likeness (QED) is 0.326. The number of nitrogens with one attached hydrogen (secondary N) is 2. The normalized spacial score (nSPS) is 10.9. The van der Waals surface area contributed by atoms with Crippen molar-refractivity contribution in [1.82, 2.24) is 4.98 Å². The van der Waals surface area contributed by atoms with Crippen molar-refractivity contribution in [2.45, 2.75) is 12.6 Å². The Bertz CT molecular complexity index is 1230. The van der Waals surface area contributed by atoms with E-state index in [1.54, 1.807) is 42.7 Å². The molecule has 0 saturated carbocycles. The van der Waals surface area contributed by atoms with Gasteiger partial charge < -0.3 is 15.2 Å². The number of benzene rings is 2. The zero-order valence-electron chi connectivity index (χ0n) is 17.6. The number of carbonyl (C=O) groups is 3. The monoisotopic (exact) mass is 473 g/mol. The molecule has 34 heavy (non-hydrogen) atoms. The first-order valence-electron chi connectivity index (χ1n) is 9.71. The van der Waals surface area contributed by atoms with Crippen LogP contribution in [0.15, 0.2) is 60.9 Å². The van der Waals surface area contributed by atoms with Crippen LogP contribution < -0.4 is 15.4 Å². The number of hydrogen-bond donors (Lipinski definition) is 3. The van der Waals surface area contributed by atoms with Gasteiger partial charge >= 0.3 is 12.3 Å². The molecular weight excluding hydrogens is 455 g/mol. The van der Waals surface area contributed by atoms with E-state index in [1.807, 2.05) is 5.32 Å². The zero-order chi connectivity index (χ0) is 24.9. The second-order valence-corrected chi connectivity index (χ2v) is 6.99. The number of hydrogen-bond acceptors (Lipinski definition) is 5. The van der Waals surface area contributed by atoms with Gasteiger partial charge in [-0.3, -0.25) is 19.9 Å². The summed E-state index contributed by atoms with van der Waals surface area (Å²) in [4.78, 5) is 40.1. The summed E-state index contributed by atoms with van der Waals surface area (Å²) < 4.78 is 44.8. The Morgan fingerprint density at radius 1 is 0.971 bits per heavy atom. The van der Waals surface area contributed by atoms with Crippen molar-refractivity contribution >= 4 is 29.2 Å². The molecule has 0 radical (unpaired) electrons. The molecule has 0 bridgehead atoms. The Morgan fingerprint density at radius 2 is 1.65 bits per heavy atom. The van der Waals surface area contributed by atoms with E-state index in [2.05, 4.69) is 10.3 Å². The fourth-order valence-electron chi connectivity index (χ4n) is 3.15. The molecule has 1 heterocycles. The highest BCUT2D eigenvalue weighted by atomic mass is 19.4. The Morgan fingerprint density at radius 3 is 2.26 bits per heavy atom. The van der Waals surface area contributed by atoms with Gasteiger partial charge in [-0.2, -0.15) is 13.2 Å². The first-order chi connectivity index (χ1) is 16.1. The largest absolute Gasteiger partial charge is 0.496 e. The molecule has 3 aromatic rings. The molecule has 0 aliphatic carbocycles. The number of anilines is 2. The molecule has 0 aliphatic heterocycles. The van der Waals surface area contributed by atoms with Gasteiger partial charge in [-0.15, -0.1) is 0 Å². The van der Waals surface area contributed by atoms with Gasteiger partial charge in [0.2, 0.25) is 5.91 Å². The van der Waals surface area contributed by atoms with Gasteiger partial charge in [-0.25, -0.2) is 4.79 Å². The second kappa shape index (κ2) is 10.0. The number of pyridine rings is 1. The summed E-state index contributed by atoms with van der Waals surface area (Å²) in [5.41, 5.74) is -0.309. The van der Waals surface area contributed by atoms with Crippen LogP contribution in [0.2, 0.25) is 0 Å². The molecule has 0 unspecified atom stereocenters. The SMILES string of the molecule is COc1cc(NC(=O)O)c(NC(=O)CC(=O)c2cccc(-c3ccncc3)c2)cc1C(F)(F)F. The lowest BCUT2D eigenvalue weighted by Gasteiger charge is -2.17. The molecule has 8 nitrogen and oxygen atoms in total. The fourth-order valence-corrected chi connectivity index (χ4v) is 3.15. The number of ether oxygens (including phenoxy) is 1. The Labute approximate surface area is 191 Å². The average Bonchev–Trinajstić information content (AvgIpc) is 2.79. The molecule has 0 atom stereocenters. The van der Waals surface area contributed by atoms with Crippen molar-refractivity contribution in [3.05, 3.63) is 72.1 Å². The predicted molar refractivity (Wildman–Crippen MR) is 117 cm³/mol. The maximum atomic E-state index is 13.4. The zero-order valence-corrected chi connectivity index (χ0v) is 17.6. The minimum atomic E-state index is -4.84. The Hall–Kier alpha value is -4.41. The van der Waals surface area contributed by atoms with Crippen molar-refractivity contribution in [2.24, 2.45) is 0 Å². The van der Waals surface area contributed by atoms with Crippen LogP contribution in [0.1, 0.15) is 22.3 Å². The van der Waals surface area contributed by atoms with Crippen LogP contribution in [0, 0.1) is 0 Å². The van der Waals surface area contributed by atoms with E-state index in [1.165, 1.54) is 6.07 Å². The van der Waals surface area contributed by atoms with Gasteiger partial charge in [-0.05, 0) is 35.4 Å². The van der Waals surface area contributed by atoms with Gasteiger partial charge in [0.05, 0.1) is 30.5 Å². The van der Waals surface area contributed by atoms with Gasteiger partial charge in [0.1, 0.15) is 5.75 Å². The number of alkyl halides is 3. The molecule has 0 saturated heterocycles. The van der Waals surface area contributed by atoms with E-state index in [4.69, 9.17) is 9.84 Å². The molecule has 3 N–H and O–H groups in total. The van der Waals surface area contributed by atoms with Crippen molar-refractivity contribution < 1.29 is 37.4 Å². The number of carbonyl (C=O) groups excluding carboxylic acids is 2. The number of halogens is 3. The maximum Gasteiger partial charge on any atom is 0.420 e. The molecule has 3 rings (SSSR count). The van der Waals surface area contributed by atoms with Gasteiger partial charge in [0, 0.05) is 24.0 Å². The van der Waals surface area contributed by atoms with Crippen molar-refractivity contribution in [1.29, 1.82) is 0 Å². The fraction of sp³-hybridized carbons (Fsp3) is 0.130. The third-order valence-electron chi connectivity index (χ3n) is 4.68. The smallest absolute Gasteiger partial charge is 0.420 e. The molecule has 176 valence electrons. The first kappa shape index (κ1) is 24.2. The van der Waals surface area contributed by atoms with Crippen LogP contribution in [-0.4, -0.2) is 35.0 Å². The number of aromatic nitrogens is 1. The van der Waals surface area contributed by atoms with Crippen molar-refractivity contribution in [3.8, 4) is 16.9 Å². The lowest BCUT2D eigenvalue weighted by molar-refractivity contribution is -0.138. The number of methoxy groups -OCH3 is 1. The minimum Gasteiger partial charge on any atom is -0.496 e. The number of nitrogens with zero attached hydrogens (tertiary/aromatic N) is 1. The van der Waals surface area contributed by atoms with E-state index in [0.29, 0.717) is 11.6 Å². The van der Waals surface area contributed by atoms with E-state index in [0.717, 1.165) is 18.7 Å². The Kier molecular flexibility index (Phi) is 7.15. The molecule has 0 fully saturated rings. The first-order valence-corrected chi connectivity index (χ1v) is 9.71. The van der Waals surface area contributed by atoms with E-state index in [-0.39, 0.29) is 11.3 Å². The van der Waals surface area contributed by atoms with E-state index >= 15 is 0 Å².